The van der Waals surface area contributed by atoms with Crippen molar-refractivity contribution in [1.29, 1.82) is 0 Å². The number of imide groups is 1. The molecular weight excluding hydrogens is 270 g/mol. The number of rotatable bonds is 4. The zero-order valence-electron chi connectivity index (χ0n) is 9.98. The quantitative estimate of drug-likeness (QED) is 0.794. The third-order valence-electron chi connectivity index (χ3n) is 2.66. The molecule has 1 aromatic rings. The largest absolute Gasteiger partial charge is 0.350 e. The van der Waals surface area contributed by atoms with Crippen molar-refractivity contribution in [2.75, 3.05) is 19.6 Å². The minimum atomic E-state index is -0.425. The summed E-state index contributed by atoms with van der Waals surface area (Å²) >= 11 is 5.72. The van der Waals surface area contributed by atoms with Gasteiger partial charge in [-0.1, -0.05) is 11.6 Å². The van der Waals surface area contributed by atoms with Gasteiger partial charge in [-0.3, -0.25) is 14.5 Å². The first-order chi connectivity index (χ1) is 9.08. The molecule has 4 amide bonds. The Balaban J connectivity index is 1.82. The van der Waals surface area contributed by atoms with Crippen molar-refractivity contribution in [3.63, 3.8) is 0 Å². The molecule has 6 nitrogen and oxygen atoms in total. The van der Waals surface area contributed by atoms with Gasteiger partial charge in [0.05, 0.1) is 6.54 Å². The second-order valence-electron chi connectivity index (χ2n) is 3.97. The predicted octanol–water partition coefficient (Wildman–Crippen LogP) is 0.622. The Morgan fingerprint density at radius 2 is 2.00 bits per heavy atom. The van der Waals surface area contributed by atoms with Crippen molar-refractivity contribution in [3.05, 3.63) is 34.9 Å². The summed E-state index contributed by atoms with van der Waals surface area (Å²) in [6.07, 6.45) is 0. The van der Waals surface area contributed by atoms with Crippen LogP contribution in [0.2, 0.25) is 5.02 Å². The van der Waals surface area contributed by atoms with E-state index in [2.05, 4.69) is 10.6 Å². The summed E-state index contributed by atoms with van der Waals surface area (Å²) in [5, 5.41) is 5.59. The highest BCUT2D eigenvalue weighted by Crippen LogP contribution is 2.09. The van der Waals surface area contributed by atoms with E-state index in [1.54, 1.807) is 24.3 Å². The predicted molar refractivity (Wildman–Crippen MR) is 68.9 cm³/mol. The van der Waals surface area contributed by atoms with Crippen LogP contribution in [0.1, 0.15) is 10.4 Å². The molecule has 1 saturated heterocycles. The van der Waals surface area contributed by atoms with E-state index in [0.717, 1.165) is 4.90 Å². The van der Waals surface area contributed by atoms with Gasteiger partial charge in [-0.05, 0) is 24.3 Å². The lowest BCUT2D eigenvalue weighted by Gasteiger charge is -2.12. The number of hydrogen-bond donors (Lipinski definition) is 2. The molecule has 0 atom stereocenters. The molecule has 1 fully saturated rings. The van der Waals surface area contributed by atoms with E-state index in [-0.39, 0.29) is 31.4 Å². The van der Waals surface area contributed by atoms with Gasteiger partial charge in [0.25, 0.3) is 5.91 Å². The Hall–Kier alpha value is -2.08. The van der Waals surface area contributed by atoms with Crippen LogP contribution in [0.25, 0.3) is 0 Å². The van der Waals surface area contributed by atoms with Crippen molar-refractivity contribution >= 4 is 29.4 Å². The fourth-order valence-electron chi connectivity index (χ4n) is 1.67. The van der Waals surface area contributed by atoms with E-state index in [1.807, 2.05) is 0 Å². The lowest BCUT2D eigenvalue weighted by Crippen LogP contribution is -2.38. The van der Waals surface area contributed by atoms with Crippen molar-refractivity contribution in [2.45, 2.75) is 0 Å². The molecule has 0 radical (unpaired) electrons. The van der Waals surface area contributed by atoms with Crippen LogP contribution in [0.4, 0.5) is 4.79 Å². The Kier molecular flexibility index (Phi) is 4.01. The average molecular weight is 282 g/mol. The van der Waals surface area contributed by atoms with Crippen LogP contribution in [-0.2, 0) is 4.79 Å². The number of urea groups is 1. The molecule has 1 aliphatic heterocycles. The van der Waals surface area contributed by atoms with E-state index >= 15 is 0 Å². The highest BCUT2D eigenvalue weighted by atomic mass is 35.5. The summed E-state index contributed by atoms with van der Waals surface area (Å²) in [5.74, 6) is -0.561. The molecule has 0 saturated carbocycles. The third kappa shape index (κ3) is 3.23. The van der Waals surface area contributed by atoms with E-state index in [9.17, 15) is 14.4 Å². The van der Waals surface area contributed by atoms with Crippen LogP contribution in [0, 0.1) is 0 Å². The maximum Gasteiger partial charge on any atom is 0.324 e. The number of nitrogens with zero attached hydrogens (tertiary/aromatic N) is 1. The second-order valence-corrected chi connectivity index (χ2v) is 4.40. The number of carbonyl (C=O) groups excluding carboxylic acids is 3. The fourth-order valence-corrected chi connectivity index (χ4v) is 1.79. The summed E-state index contributed by atoms with van der Waals surface area (Å²) in [5.41, 5.74) is 0.474. The van der Waals surface area contributed by atoms with Gasteiger partial charge in [-0.15, -0.1) is 0 Å². The first kappa shape index (κ1) is 13.4. The zero-order valence-corrected chi connectivity index (χ0v) is 10.7. The maximum absolute atomic E-state index is 11.7. The lowest BCUT2D eigenvalue weighted by molar-refractivity contribution is -0.124. The van der Waals surface area contributed by atoms with Crippen molar-refractivity contribution in [2.24, 2.45) is 0 Å². The van der Waals surface area contributed by atoms with Crippen LogP contribution in [0.5, 0.6) is 0 Å². The molecule has 0 bridgehead atoms. The molecule has 0 aliphatic carbocycles. The van der Waals surface area contributed by atoms with Crippen molar-refractivity contribution in [1.82, 2.24) is 15.5 Å². The molecule has 2 N–H and O–H groups in total. The number of benzene rings is 1. The van der Waals surface area contributed by atoms with Crippen LogP contribution in [-0.4, -0.2) is 42.4 Å². The minimum Gasteiger partial charge on any atom is -0.350 e. The molecule has 1 aromatic carbocycles. The standard InChI is InChI=1S/C12H12ClN3O3/c13-9-3-1-8(2-4-9)11(18)14-5-6-16-10(17)7-15-12(16)19/h1-4H,5-7H2,(H,14,18)(H,15,19). The molecule has 7 heteroatoms. The summed E-state index contributed by atoms with van der Waals surface area (Å²) < 4.78 is 0. The van der Waals surface area contributed by atoms with E-state index < -0.39 is 6.03 Å². The first-order valence-corrected chi connectivity index (χ1v) is 6.07. The normalized spacial score (nSPS) is 14.5. The number of amides is 4. The SMILES string of the molecule is O=C(NCCN1C(=O)CNC1=O)c1ccc(Cl)cc1. The molecule has 0 spiro atoms. The number of hydrogen-bond acceptors (Lipinski definition) is 3. The monoisotopic (exact) mass is 281 g/mol. The summed E-state index contributed by atoms with van der Waals surface area (Å²) in [6, 6.07) is 6.02. The molecule has 100 valence electrons. The van der Waals surface area contributed by atoms with Crippen LogP contribution >= 0.6 is 11.6 Å². The van der Waals surface area contributed by atoms with Gasteiger partial charge in [-0.2, -0.15) is 0 Å². The maximum atomic E-state index is 11.7. The van der Waals surface area contributed by atoms with Gasteiger partial charge in [0.1, 0.15) is 0 Å². The van der Waals surface area contributed by atoms with Gasteiger partial charge in [-0.25, -0.2) is 4.79 Å². The Bertz CT molecular complexity index is 499. The number of halogens is 1. The first-order valence-electron chi connectivity index (χ1n) is 5.70. The second kappa shape index (κ2) is 5.71. The van der Waals surface area contributed by atoms with Gasteiger partial charge in [0, 0.05) is 23.7 Å². The average Bonchev–Trinajstić information content (AvgIpc) is 2.71. The summed E-state index contributed by atoms with van der Waals surface area (Å²) in [6.45, 7) is 0.384. The Labute approximate surface area is 114 Å². The third-order valence-corrected chi connectivity index (χ3v) is 2.92. The van der Waals surface area contributed by atoms with Crippen LogP contribution in [0.3, 0.4) is 0 Å². The lowest BCUT2D eigenvalue weighted by atomic mass is 10.2. The topological polar surface area (TPSA) is 78.5 Å². The van der Waals surface area contributed by atoms with E-state index in [0.29, 0.717) is 10.6 Å². The minimum absolute atomic E-state index is 0.0178. The number of nitrogens with one attached hydrogen (secondary N) is 2. The zero-order chi connectivity index (χ0) is 13.8. The molecule has 1 heterocycles. The van der Waals surface area contributed by atoms with Gasteiger partial charge >= 0.3 is 6.03 Å². The molecule has 19 heavy (non-hydrogen) atoms. The highest BCUT2D eigenvalue weighted by Gasteiger charge is 2.27. The molecule has 1 aliphatic rings. The smallest absolute Gasteiger partial charge is 0.324 e. The Morgan fingerprint density at radius 3 is 2.58 bits per heavy atom. The Morgan fingerprint density at radius 1 is 1.32 bits per heavy atom. The molecule has 0 aromatic heterocycles. The van der Waals surface area contributed by atoms with Crippen molar-refractivity contribution < 1.29 is 14.4 Å². The summed E-state index contributed by atoms with van der Waals surface area (Å²) in [4.78, 5) is 35.3. The summed E-state index contributed by atoms with van der Waals surface area (Å²) in [7, 11) is 0. The van der Waals surface area contributed by atoms with Gasteiger partial charge < -0.3 is 10.6 Å². The van der Waals surface area contributed by atoms with Crippen LogP contribution < -0.4 is 10.6 Å². The van der Waals surface area contributed by atoms with Gasteiger partial charge in [0.2, 0.25) is 5.91 Å². The molecule has 2 rings (SSSR count). The highest BCUT2D eigenvalue weighted by molar-refractivity contribution is 6.30. The number of carbonyl (C=O) groups is 3. The van der Waals surface area contributed by atoms with Crippen molar-refractivity contribution in [3.8, 4) is 0 Å². The molecular formula is C12H12ClN3O3. The van der Waals surface area contributed by atoms with E-state index in [1.165, 1.54) is 0 Å². The molecule has 0 unspecified atom stereocenters. The fraction of sp³-hybridized carbons (Fsp3) is 0.250. The van der Waals surface area contributed by atoms with Crippen LogP contribution in [0.15, 0.2) is 24.3 Å². The van der Waals surface area contributed by atoms with E-state index in [4.69, 9.17) is 11.6 Å². The van der Waals surface area contributed by atoms with Gasteiger partial charge in [0.15, 0.2) is 0 Å².